The Morgan fingerprint density at radius 1 is 0.692 bits per heavy atom. The molecule has 3 saturated heterocycles. The molecular formula is C78H122N14O25. The van der Waals surface area contributed by atoms with Crippen molar-refractivity contribution in [3.63, 3.8) is 0 Å². The second kappa shape index (κ2) is 45.6. The van der Waals surface area contributed by atoms with E-state index in [9.17, 15) is 88.2 Å². The highest BCUT2D eigenvalue weighted by molar-refractivity contribution is 5.99. The van der Waals surface area contributed by atoms with Gasteiger partial charge in [0.2, 0.25) is 59.5 Å². The van der Waals surface area contributed by atoms with E-state index in [0.29, 0.717) is 36.9 Å². The van der Waals surface area contributed by atoms with E-state index in [1.165, 1.54) is 45.2 Å². The SMILES string of the molecule is CC[C@H](C)[C@@H]([C@@H](CC(=O)N1CCC[C@@H]1[C@H](OC)[C@@H](C)C(=O)N[C@H](C)[C@@H](O)c1ccccc1)OC)N(C)C(=O)[C@@H](NC(=O)[C@H](C(C)C)N(C)C(=O)OCc1ccc(NC(=O)C(CCCNC(N)=O)NC(=O)[C@@H](NC(=O)CNC(=O)CNC(=O)CNC(=O)C2O[C@@H](O[C@@H]3C(CO)O[C@@H]4OC(C)=N[C@H]4C3O)C(O)[C@@H](O)[C@@H]2O)C(C)C)cc1)C(C)C. The van der Waals surface area contributed by atoms with Gasteiger partial charge in [-0.15, -0.1) is 0 Å². The minimum absolute atomic E-state index is 0.0173. The number of likely N-dealkylation sites (N-methyl/N-ethyl adjacent to an activating group) is 2. The van der Waals surface area contributed by atoms with Crippen LogP contribution in [0.4, 0.5) is 15.3 Å². The van der Waals surface area contributed by atoms with Crippen LogP contribution in [0.1, 0.15) is 132 Å². The van der Waals surface area contributed by atoms with E-state index < -0.39 is 231 Å². The first kappa shape index (κ1) is 96.5. The Bertz CT molecular complexity index is 3700. The average Bonchev–Trinajstić information content (AvgIpc) is 1.72. The van der Waals surface area contributed by atoms with Gasteiger partial charge in [-0.25, -0.2) is 14.6 Å². The molecule has 0 aromatic heterocycles. The van der Waals surface area contributed by atoms with Crippen molar-refractivity contribution < 1.29 is 121 Å². The van der Waals surface area contributed by atoms with Gasteiger partial charge < -0.3 is 127 Å². The number of carbonyl (C=O) groups is 12. The van der Waals surface area contributed by atoms with Crippen LogP contribution in [-0.2, 0) is 87.7 Å². The zero-order valence-electron chi connectivity index (χ0n) is 69.1. The lowest BCUT2D eigenvalue weighted by Gasteiger charge is -2.44. The fourth-order valence-corrected chi connectivity index (χ4v) is 14.6. The minimum Gasteiger partial charge on any atom is -0.450 e. The number of anilines is 1. The Kier molecular flexibility index (Phi) is 37.6. The Morgan fingerprint density at radius 2 is 1.32 bits per heavy atom. The highest BCUT2D eigenvalue weighted by atomic mass is 16.7. The average molecular weight is 1660 g/mol. The van der Waals surface area contributed by atoms with Crippen LogP contribution < -0.4 is 53.6 Å². The molecule has 6 rings (SSSR count). The number of rotatable bonds is 42. The van der Waals surface area contributed by atoms with Crippen molar-refractivity contribution in [3.8, 4) is 0 Å². The van der Waals surface area contributed by atoms with Crippen LogP contribution in [0.5, 0.6) is 0 Å². The molecule has 4 aliphatic rings. The van der Waals surface area contributed by atoms with Crippen molar-refractivity contribution in [2.45, 2.75) is 243 Å². The number of primary amides is 1. The first-order chi connectivity index (χ1) is 55.3. The number of fused-ring (bicyclic) bond motifs is 1. The third-order valence-electron chi connectivity index (χ3n) is 21.4. The highest BCUT2D eigenvalue weighted by Crippen LogP contribution is 2.35. The summed E-state index contributed by atoms with van der Waals surface area (Å²) in [7, 11) is 5.98. The van der Waals surface area contributed by atoms with Crippen molar-refractivity contribution in [2.24, 2.45) is 40.3 Å². The van der Waals surface area contributed by atoms with Gasteiger partial charge in [0.05, 0.1) is 75.0 Å². The topological polar surface area (TPSA) is 547 Å². The molecule has 13 amide bonds. The molecule has 4 aliphatic heterocycles. The largest absolute Gasteiger partial charge is 0.450 e. The fourth-order valence-electron chi connectivity index (χ4n) is 14.6. The molecule has 0 aliphatic carbocycles. The van der Waals surface area contributed by atoms with Crippen LogP contribution in [0.2, 0.25) is 0 Å². The maximum atomic E-state index is 14.9. The summed E-state index contributed by atoms with van der Waals surface area (Å²) in [6.07, 6.45) is -16.8. The van der Waals surface area contributed by atoms with Gasteiger partial charge in [0.1, 0.15) is 73.4 Å². The van der Waals surface area contributed by atoms with Crippen molar-refractivity contribution in [1.29, 1.82) is 0 Å². The summed E-state index contributed by atoms with van der Waals surface area (Å²) in [5, 5.41) is 86.7. The van der Waals surface area contributed by atoms with Crippen molar-refractivity contribution >= 4 is 82.8 Å². The number of aliphatic hydroxyl groups is 6. The number of carbonyl (C=O) groups excluding carboxylic acids is 12. The maximum absolute atomic E-state index is 14.9. The molecule has 0 spiro atoms. The Balaban J connectivity index is 0.983. The van der Waals surface area contributed by atoms with Gasteiger partial charge >= 0.3 is 12.1 Å². The molecule has 5 unspecified atom stereocenters. The number of aliphatic imine (C=N–C) groups is 1. The van der Waals surface area contributed by atoms with Gasteiger partial charge in [-0.3, -0.25) is 52.8 Å². The predicted molar refractivity (Wildman–Crippen MR) is 419 cm³/mol. The van der Waals surface area contributed by atoms with Gasteiger partial charge in [-0.2, -0.15) is 0 Å². The molecule has 2 aromatic carbocycles. The van der Waals surface area contributed by atoms with Crippen molar-refractivity contribution in [3.05, 3.63) is 65.7 Å². The number of nitrogens with zero attached hydrogens (tertiary/aromatic N) is 4. The summed E-state index contributed by atoms with van der Waals surface area (Å²) < 4.78 is 40.0. The van der Waals surface area contributed by atoms with Crippen LogP contribution in [0.15, 0.2) is 59.6 Å². The van der Waals surface area contributed by atoms with Crippen LogP contribution in [0.3, 0.4) is 0 Å². The molecular weight excluding hydrogens is 1530 g/mol. The number of hydrogen-bond donors (Lipinski definition) is 16. The van der Waals surface area contributed by atoms with E-state index in [-0.39, 0.29) is 61.7 Å². The molecule has 17 N–H and O–H groups in total. The smallest absolute Gasteiger partial charge is 0.410 e. The van der Waals surface area contributed by atoms with Crippen LogP contribution >= 0.6 is 0 Å². The Hall–Kier alpha value is -9.29. The number of aliphatic hydroxyl groups excluding tert-OH is 6. The van der Waals surface area contributed by atoms with Gasteiger partial charge in [0.15, 0.2) is 18.3 Å². The summed E-state index contributed by atoms with van der Waals surface area (Å²) in [5.41, 5.74) is 6.61. The van der Waals surface area contributed by atoms with E-state index in [2.05, 4.69) is 52.8 Å². The number of benzene rings is 2. The number of nitrogens with two attached hydrogens (primary N) is 1. The minimum atomic E-state index is -2.06. The molecule has 117 heavy (non-hydrogen) atoms. The second-order valence-electron chi connectivity index (χ2n) is 31.0. The lowest BCUT2D eigenvalue weighted by Crippen LogP contribution is -2.65. The lowest BCUT2D eigenvalue weighted by molar-refractivity contribution is -0.334. The molecule has 39 heteroatoms. The summed E-state index contributed by atoms with van der Waals surface area (Å²) in [5.74, 6) is -9.38. The quantitative estimate of drug-likeness (QED) is 0.0321. The second-order valence-corrected chi connectivity index (χ2v) is 31.0. The van der Waals surface area contributed by atoms with Crippen LogP contribution in [0.25, 0.3) is 0 Å². The van der Waals surface area contributed by atoms with E-state index in [1.807, 2.05) is 19.9 Å². The van der Waals surface area contributed by atoms with Crippen molar-refractivity contribution in [2.75, 3.05) is 73.0 Å². The molecule has 0 bridgehead atoms. The summed E-state index contributed by atoms with van der Waals surface area (Å²) >= 11 is 0. The van der Waals surface area contributed by atoms with Crippen molar-refractivity contribution in [1.82, 2.24) is 57.2 Å². The Morgan fingerprint density at radius 3 is 1.91 bits per heavy atom. The molecule has 39 nitrogen and oxygen atoms in total. The van der Waals surface area contributed by atoms with Gasteiger partial charge in [0.25, 0.3) is 5.91 Å². The first-order valence-corrected chi connectivity index (χ1v) is 39.5. The summed E-state index contributed by atoms with van der Waals surface area (Å²) in [6.45, 7) is 16.3. The van der Waals surface area contributed by atoms with E-state index >= 15 is 0 Å². The zero-order chi connectivity index (χ0) is 87.0. The molecule has 3 fully saturated rings. The van der Waals surface area contributed by atoms with Gasteiger partial charge in [0, 0.05) is 54.0 Å². The van der Waals surface area contributed by atoms with E-state index in [4.69, 9.17) is 38.9 Å². The maximum Gasteiger partial charge on any atom is 0.410 e. The van der Waals surface area contributed by atoms with Gasteiger partial charge in [-0.1, -0.05) is 111 Å². The number of methoxy groups -OCH3 is 2. The predicted octanol–water partition coefficient (Wildman–Crippen LogP) is -1.97. The highest BCUT2D eigenvalue weighted by Gasteiger charge is 2.54. The number of likely N-dealkylation sites (tertiary alicyclic amines) is 1. The number of amides is 13. The van der Waals surface area contributed by atoms with Gasteiger partial charge in [-0.05, 0) is 79.5 Å². The van der Waals surface area contributed by atoms with E-state index in [0.717, 1.165) is 4.90 Å². The molecule has 22 atom stereocenters. The number of hydrogen-bond acceptors (Lipinski definition) is 26. The summed E-state index contributed by atoms with van der Waals surface area (Å²) in [4.78, 5) is 171. The number of ether oxygens (including phenoxy) is 7. The van der Waals surface area contributed by atoms with E-state index in [1.54, 1.807) is 104 Å². The normalized spacial score (nSPS) is 23.8. The molecule has 654 valence electrons. The monoisotopic (exact) mass is 1650 g/mol. The fraction of sp³-hybridized carbons (Fsp3) is 0.679. The standard InChI is InChI=1S/C78H122N14O25/c1-16-41(8)60(50(111-14)32-55(97)92-31-21-25-49(92)66(112-15)42(9)69(103)84-43(10)61(98)46-22-18-17-19-23-46)90(12)74(108)57(39(4)5)89-72(106)59(40(6)7)91(13)78(110)113-37-45-26-28-47(29-27-45)86-70(104)48(24-20-30-80-77(79)109)87-71(105)56(38(2)3)88-54(96)35-82-52(94)33-81-53(95)34-83-73(107)68-64(101)63(100)65(102)76(117-68)116-67-51(36-93)115-75-58(62(67)99)85-44(11)114-75/h17-19,22-23,26-29,38-43,48-51,56-68,75-76,93,98-102H,16,20-21,24-25,30-37H2,1-15H3,(H,81,95)(H,82,94)(H,83,107)(H,84,103)(H,86,104)(H,87,105)(H,88,96)(H,89,106)(H3,79,80,109)/t41-,42+,43+,48?,49+,50+,51?,56-,57-,58-,59-,60-,61+,62?,63-,64-,65?,66+,67+,68?,75-,76+/m0/s1. The number of urea groups is 1. The zero-order valence-corrected chi connectivity index (χ0v) is 69.1. The summed E-state index contributed by atoms with van der Waals surface area (Å²) in [6, 6.07) is 6.72. The Labute approximate surface area is 681 Å². The van der Waals surface area contributed by atoms with Crippen LogP contribution in [-0.4, -0.2) is 306 Å². The first-order valence-electron chi connectivity index (χ1n) is 39.5. The third kappa shape index (κ3) is 26.6. The molecule has 0 saturated carbocycles. The third-order valence-corrected chi connectivity index (χ3v) is 21.4. The molecule has 2 aromatic rings. The molecule has 0 radical (unpaired) electrons. The van der Waals surface area contributed by atoms with Crippen LogP contribution in [0, 0.1) is 29.6 Å². The number of nitrogens with one attached hydrogen (secondary N) is 9. The molecule has 4 heterocycles. The lowest BCUT2D eigenvalue weighted by atomic mass is 9.89.